The number of methoxy groups -OCH3 is 1. The number of para-hydroxylation sites is 1. The van der Waals surface area contributed by atoms with Crippen LogP contribution in [0.4, 0.5) is 0 Å². The van der Waals surface area contributed by atoms with Crippen LogP contribution in [0.3, 0.4) is 0 Å². The predicted octanol–water partition coefficient (Wildman–Crippen LogP) is 2.34. The third-order valence-corrected chi connectivity index (χ3v) is 5.51. The van der Waals surface area contributed by atoms with E-state index >= 15 is 0 Å². The molecule has 0 spiro atoms. The summed E-state index contributed by atoms with van der Waals surface area (Å²) in [6, 6.07) is 7.95. The first-order chi connectivity index (χ1) is 11.2. The zero-order valence-electron chi connectivity index (χ0n) is 13.4. The normalized spacial score (nSPS) is 16.7. The number of aromatic nitrogens is 1. The van der Waals surface area contributed by atoms with Crippen LogP contribution in [0, 0.1) is 5.92 Å². The first kappa shape index (κ1) is 16.2. The van der Waals surface area contributed by atoms with Crippen molar-refractivity contribution in [2.24, 2.45) is 5.92 Å². The first-order valence-electron chi connectivity index (χ1n) is 8.07. The van der Waals surface area contributed by atoms with Crippen molar-refractivity contribution in [3.63, 3.8) is 0 Å². The molecule has 1 aromatic carbocycles. The highest BCUT2D eigenvalue weighted by atomic mass is 32.1. The quantitative estimate of drug-likeness (QED) is 0.788. The number of likely N-dealkylation sites (tertiary alicyclic amines) is 1. The molecule has 0 radical (unpaired) electrons. The van der Waals surface area contributed by atoms with E-state index in [2.05, 4.69) is 4.90 Å². The van der Waals surface area contributed by atoms with Crippen molar-refractivity contribution in [3.05, 3.63) is 33.9 Å². The van der Waals surface area contributed by atoms with Crippen LogP contribution < -0.4 is 4.87 Å². The Hall–Kier alpha value is -1.66. The van der Waals surface area contributed by atoms with Crippen molar-refractivity contribution in [1.82, 2.24) is 9.47 Å². The Bertz CT molecular complexity index is 729. The minimum absolute atomic E-state index is 0.0553. The van der Waals surface area contributed by atoms with Crippen LogP contribution in [0.5, 0.6) is 0 Å². The number of hydrogen-bond donors (Lipinski definition) is 0. The highest BCUT2D eigenvalue weighted by molar-refractivity contribution is 7.16. The maximum atomic E-state index is 12.1. The van der Waals surface area contributed by atoms with E-state index in [0.717, 1.165) is 55.7 Å². The van der Waals surface area contributed by atoms with E-state index in [0.29, 0.717) is 0 Å². The van der Waals surface area contributed by atoms with Crippen molar-refractivity contribution in [2.45, 2.75) is 25.8 Å². The first-order valence-corrected chi connectivity index (χ1v) is 8.89. The SMILES string of the molecule is COC(=O)C1CCN(CCCn2c(=O)sc3ccccc32)CC1. The van der Waals surface area contributed by atoms with Crippen molar-refractivity contribution < 1.29 is 9.53 Å². The summed E-state index contributed by atoms with van der Waals surface area (Å²) in [5.74, 6) is -0.0272. The molecule has 0 N–H and O–H groups in total. The molecule has 0 bridgehead atoms. The Morgan fingerprint density at radius 2 is 2.00 bits per heavy atom. The summed E-state index contributed by atoms with van der Waals surface area (Å²) in [4.78, 5) is 26.1. The van der Waals surface area contributed by atoms with E-state index in [1.807, 2.05) is 28.8 Å². The van der Waals surface area contributed by atoms with Gasteiger partial charge in [0.05, 0.1) is 23.2 Å². The number of aryl methyl sites for hydroxylation is 1. The van der Waals surface area contributed by atoms with E-state index < -0.39 is 0 Å². The van der Waals surface area contributed by atoms with Crippen LogP contribution in [0.1, 0.15) is 19.3 Å². The Kier molecular flexibility index (Phi) is 5.13. The van der Waals surface area contributed by atoms with Crippen LogP contribution in [0.2, 0.25) is 0 Å². The maximum Gasteiger partial charge on any atom is 0.308 e. The van der Waals surface area contributed by atoms with E-state index in [1.165, 1.54) is 18.4 Å². The van der Waals surface area contributed by atoms with Crippen molar-refractivity contribution >= 4 is 27.5 Å². The van der Waals surface area contributed by atoms with E-state index in [-0.39, 0.29) is 16.8 Å². The third-order valence-electron chi connectivity index (χ3n) is 4.55. The van der Waals surface area contributed by atoms with Crippen LogP contribution in [-0.4, -0.2) is 42.2 Å². The van der Waals surface area contributed by atoms with Crippen LogP contribution in [0.15, 0.2) is 29.1 Å². The third kappa shape index (κ3) is 3.64. The average Bonchev–Trinajstić information content (AvgIpc) is 2.90. The second-order valence-corrected chi connectivity index (χ2v) is 6.97. The van der Waals surface area contributed by atoms with Crippen molar-refractivity contribution in [1.29, 1.82) is 0 Å². The zero-order valence-corrected chi connectivity index (χ0v) is 14.2. The minimum Gasteiger partial charge on any atom is -0.469 e. The van der Waals surface area contributed by atoms with Gasteiger partial charge in [0.15, 0.2) is 0 Å². The van der Waals surface area contributed by atoms with Crippen molar-refractivity contribution in [2.75, 3.05) is 26.7 Å². The molecule has 3 rings (SSSR count). The molecule has 1 aromatic heterocycles. The molecule has 1 fully saturated rings. The van der Waals surface area contributed by atoms with Crippen LogP contribution in [0.25, 0.3) is 10.2 Å². The molecule has 1 saturated heterocycles. The molecule has 5 nitrogen and oxygen atoms in total. The summed E-state index contributed by atoms with van der Waals surface area (Å²) >= 11 is 1.31. The molecule has 2 aromatic rings. The molecule has 1 aliphatic rings. The smallest absolute Gasteiger partial charge is 0.308 e. The van der Waals surface area contributed by atoms with Gasteiger partial charge in [-0.2, -0.15) is 0 Å². The maximum absolute atomic E-state index is 12.1. The summed E-state index contributed by atoms with van der Waals surface area (Å²) in [6.45, 7) is 3.57. The molecule has 0 unspecified atom stereocenters. The lowest BCUT2D eigenvalue weighted by Crippen LogP contribution is -2.37. The summed E-state index contributed by atoms with van der Waals surface area (Å²) in [5.41, 5.74) is 1.03. The number of esters is 1. The summed E-state index contributed by atoms with van der Waals surface area (Å²) < 4.78 is 7.74. The summed E-state index contributed by atoms with van der Waals surface area (Å²) in [7, 11) is 1.46. The number of benzene rings is 1. The Balaban J connectivity index is 1.51. The molecule has 0 amide bonds. The van der Waals surface area contributed by atoms with Gasteiger partial charge in [0, 0.05) is 6.54 Å². The largest absolute Gasteiger partial charge is 0.469 e. The lowest BCUT2D eigenvalue weighted by molar-refractivity contribution is -0.147. The summed E-state index contributed by atoms with van der Waals surface area (Å²) in [6.07, 6.45) is 2.69. The number of hydrogen-bond acceptors (Lipinski definition) is 5. The minimum atomic E-state index is -0.0825. The van der Waals surface area contributed by atoms with E-state index in [4.69, 9.17) is 4.74 Å². The molecule has 1 aliphatic heterocycles. The fourth-order valence-corrected chi connectivity index (χ4v) is 4.15. The summed E-state index contributed by atoms with van der Waals surface area (Å²) in [5, 5.41) is 0. The predicted molar refractivity (Wildman–Crippen MR) is 91.9 cm³/mol. The molecule has 6 heteroatoms. The highest BCUT2D eigenvalue weighted by Crippen LogP contribution is 2.19. The van der Waals surface area contributed by atoms with Gasteiger partial charge in [0.2, 0.25) is 0 Å². The second-order valence-electron chi connectivity index (χ2n) is 5.98. The number of ether oxygens (including phenoxy) is 1. The van der Waals surface area contributed by atoms with Crippen LogP contribution >= 0.6 is 11.3 Å². The van der Waals surface area contributed by atoms with E-state index in [9.17, 15) is 9.59 Å². The number of carbonyl (C=O) groups excluding carboxylic acids is 1. The van der Waals surface area contributed by atoms with Gasteiger partial charge < -0.3 is 9.64 Å². The van der Waals surface area contributed by atoms with Gasteiger partial charge in [-0.25, -0.2) is 0 Å². The number of thiazole rings is 1. The number of piperidine rings is 1. The Morgan fingerprint density at radius 1 is 1.26 bits per heavy atom. The topological polar surface area (TPSA) is 51.5 Å². The Labute approximate surface area is 139 Å². The highest BCUT2D eigenvalue weighted by Gasteiger charge is 2.25. The molecule has 124 valence electrons. The number of fused-ring (bicyclic) bond motifs is 1. The molecule has 0 aliphatic carbocycles. The van der Waals surface area contributed by atoms with Gasteiger partial charge in [-0.15, -0.1) is 0 Å². The molecule has 23 heavy (non-hydrogen) atoms. The van der Waals surface area contributed by atoms with Gasteiger partial charge in [-0.05, 0) is 51.0 Å². The lowest BCUT2D eigenvalue weighted by atomic mass is 9.97. The van der Waals surface area contributed by atoms with Gasteiger partial charge >= 0.3 is 10.8 Å². The van der Waals surface area contributed by atoms with Gasteiger partial charge in [0.1, 0.15) is 0 Å². The van der Waals surface area contributed by atoms with E-state index in [1.54, 1.807) is 0 Å². The standard InChI is InChI=1S/C17H22N2O3S/c1-22-16(20)13-7-11-18(12-8-13)9-4-10-19-14-5-2-3-6-15(14)23-17(19)21/h2-3,5-6,13H,4,7-12H2,1H3. The molecular weight excluding hydrogens is 312 g/mol. The zero-order chi connectivity index (χ0) is 16.2. The molecular formula is C17H22N2O3S. The number of rotatable bonds is 5. The Morgan fingerprint density at radius 3 is 2.74 bits per heavy atom. The van der Waals surface area contributed by atoms with Crippen LogP contribution in [-0.2, 0) is 16.1 Å². The second kappa shape index (κ2) is 7.27. The van der Waals surface area contributed by atoms with Gasteiger partial charge in [-0.3, -0.25) is 14.2 Å². The van der Waals surface area contributed by atoms with Gasteiger partial charge in [0.25, 0.3) is 0 Å². The number of carbonyl (C=O) groups is 1. The molecule has 0 saturated carbocycles. The monoisotopic (exact) mass is 334 g/mol. The fraction of sp³-hybridized carbons (Fsp3) is 0.529. The fourth-order valence-electron chi connectivity index (χ4n) is 3.24. The van der Waals surface area contributed by atoms with Crippen molar-refractivity contribution in [3.8, 4) is 0 Å². The average molecular weight is 334 g/mol. The lowest BCUT2D eigenvalue weighted by Gasteiger charge is -2.30. The number of nitrogens with zero attached hydrogens (tertiary/aromatic N) is 2. The molecule has 2 heterocycles. The molecule has 0 atom stereocenters. The van der Waals surface area contributed by atoms with Gasteiger partial charge in [-0.1, -0.05) is 23.5 Å².